The Hall–Kier alpha value is -1.69. The summed E-state index contributed by atoms with van der Waals surface area (Å²) in [5.41, 5.74) is 0.820. The summed E-state index contributed by atoms with van der Waals surface area (Å²) in [6.45, 7) is 4.47. The van der Waals surface area contributed by atoms with E-state index in [1.807, 2.05) is 0 Å². The zero-order chi connectivity index (χ0) is 16.2. The molecule has 0 aliphatic carbocycles. The van der Waals surface area contributed by atoms with Gasteiger partial charge in [0.25, 0.3) is 0 Å². The molecule has 0 saturated carbocycles. The molecule has 1 amide bonds. The number of nitrogens with zero attached hydrogens (tertiary/aromatic N) is 2. The van der Waals surface area contributed by atoms with Crippen LogP contribution in [0.4, 0.5) is 9.52 Å². The summed E-state index contributed by atoms with van der Waals surface area (Å²) in [5, 5.41) is 3.91. The van der Waals surface area contributed by atoms with E-state index in [9.17, 15) is 9.18 Å². The number of amides is 1. The number of halogens is 1. The molecule has 2 aromatic rings. The van der Waals surface area contributed by atoms with Crippen LogP contribution in [0.3, 0.4) is 0 Å². The maximum Gasteiger partial charge on any atom is 0.224 e. The molecule has 0 bridgehead atoms. The summed E-state index contributed by atoms with van der Waals surface area (Å²) >= 11 is 1.50. The van der Waals surface area contributed by atoms with E-state index in [1.54, 1.807) is 6.07 Å². The second kappa shape index (κ2) is 7.25. The molecule has 3 rings (SSSR count). The molecule has 1 fully saturated rings. The molecule has 1 aliphatic rings. The largest absolute Gasteiger partial charge is 0.356 e. The van der Waals surface area contributed by atoms with E-state index in [1.165, 1.54) is 23.5 Å². The van der Waals surface area contributed by atoms with E-state index in [4.69, 9.17) is 0 Å². The first-order valence-electron chi connectivity index (χ1n) is 8.26. The minimum absolute atomic E-state index is 0.0179. The zero-order valence-electron chi connectivity index (χ0n) is 13.3. The molecular formula is C17H22FN3OS. The van der Waals surface area contributed by atoms with Crippen molar-refractivity contribution in [1.29, 1.82) is 0 Å². The van der Waals surface area contributed by atoms with Crippen LogP contribution in [-0.4, -0.2) is 30.5 Å². The number of benzene rings is 1. The fourth-order valence-corrected chi connectivity index (χ4v) is 3.94. The predicted molar refractivity (Wildman–Crippen MR) is 92.4 cm³/mol. The molecule has 0 radical (unpaired) electrons. The number of unbranched alkanes of at least 4 members (excludes halogenated alkanes) is 1. The first kappa shape index (κ1) is 16.2. The van der Waals surface area contributed by atoms with Crippen molar-refractivity contribution in [3.63, 3.8) is 0 Å². The molecule has 23 heavy (non-hydrogen) atoms. The predicted octanol–water partition coefficient (Wildman–Crippen LogP) is 3.57. The normalized spacial score (nSPS) is 18.3. The molecular weight excluding hydrogens is 313 g/mol. The van der Waals surface area contributed by atoms with E-state index in [2.05, 4.69) is 22.1 Å². The molecule has 1 atom stereocenters. The Morgan fingerprint density at radius 3 is 3.22 bits per heavy atom. The van der Waals surface area contributed by atoms with E-state index in [0.29, 0.717) is 6.54 Å². The van der Waals surface area contributed by atoms with Gasteiger partial charge in [-0.15, -0.1) is 0 Å². The molecule has 1 aromatic carbocycles. The van der Waals surface area contributed by atoms with Crippen LogP contribution in [0.1, 0.15) is 32.6 Å². The second-order valence-corrected chi connectivity index (χ2v) is 7.05. The summed E-state index contributed by atoms with van der Waals surface area (Å²) in [6.07, 6.45) is 4.01. The lowest BCUT2D eigenvalue weighted by Crippen LogP contribution is -2.43. The van der Waals surface area contributed by atoms with Crippen LogP contribution in [0.25, 0.3) is 10.2 Å². The van der Waals surface area contributed by atoms with E-state index in [0.717, 1.165) is 54.1 Å². The van der Waals surface area contributed by atoms with Gasteiger partial charge in [0.2, 0.25) is 5.91 Å². The first-order chi connectivity index (χ1) is 11.2. The maximum atomic E-state index is 13.3. The van der Waals surface area contributed by atoms with Gasteiger partial charge >= 0.3 is 0 Å². The van der Waals surface area contributed by atoms with Gasteiger partial charge in [-0.25, -0.2) is 9.37 Å². The number of rotatable bonds is 5. The van der Waals surface area contributed by atoms with Gasteiger partial charge in [-0.2, -0.15) is 0 Å². The third kappa shape index (κ3) is 3.80. The Labute approximate surface area is 139 Å². The summed E-state index contributed by atoms with van der Waals surface area (Å²) in [7, 11) is 0. The molecule has 4 nitrogen and oxygen atoms in total. The Morgan fingerprint density at radius 2 is 2.39 bits per heavy atom. The van der Waals surface area contributed by atoms with E-state index < -0.39 is 0 Å². The Morgan fingerprint density at radius 1 is 1.52 bits per heavy atom. The molecule has 1 aliphatic heterocycles. The number of hydrogen-bond donors (Lipinski definition) is 1. The van der Waals surface area contributed by atoms with Crippen molar-refractivity contribution in [3.05, 3.63) is 24.0 Å². The fourth-order valence-electron chi connectivity index (χ4n) is 2.92. The van der Waals surface area contributed by atoms with Crippen LogP contribution in [0.5, 0.6) is 0 Å². The molecule has 0 spiro atoms. The lowest BCUT2D eigenvalue weighted by Gasteiger charge is -2.31. The van der Waals surface area contributed by atoms with Crippen LogP contribution in [0, 0.1) is 11.7 Å². The minimum atomic E-state index is -0.237. The van der Waals surface area contributed by atoms with Gasteiger partial charge < -0.3 is 10.2 Å². The van der Waals surface area contributed by atoms with Crippen LogP contribution in [0.2, 0.25) is 0 Å². The number of thiazole rings is 1. The van der Waals surface area contributed by atoms with Gasteiger partial charge in [-0.1, -0.05) is 24.7 Å². The standard InChI is InChI=1S/C17H22FN3OS/c1-2-3-8-19-16(22)12-5-4-9-21(11-12)17-20-14-7-6-13(18)10-15(14)23-17/h6-7,10,12H,2-5,8-9,11H2,1H3,(H,19,22). The second-order valence-electron chi connectivity index (χ2n) is 6.04. The van der Waals surface area contributed by atoms with Crippen LogP contribution >= 0.6 is 11.3 Å². The van der Waals surface area contributed by atoms with Gasteiger partial charge in [0.1, 0.15) is 5.82 Å². The summed E-state index contributed by atoms with van der Waals surface area (Å²) in [4.78, 5) is 19.0. The van der Waals surface area contributed by atoms with Crippen LogP contribution in [-0.2, 0) is 4.79 Å². The van der Waals surface area contributed by atoms with Gasteiger partial charge in [-0.3, -0.25) is 4.79 Å². The maximum absolute atomic E-state index is 13.3. The Kier molecular flexibility index (Phi) is 5.10. The molecule has 1 N–H and O–H groups in total. The van der Waals surface area contributed by atoms with Gasteiger partial charge in [0.05, 0.1) is 16.1 Å². The molecule has 6 heteroatoms. The quantitative estimate of drug-likeness (QED) is 0.850. The lowest BCUT2D eigenvalue weighted by molar-refractivity contribution is -0.125. The third-order valence-electron chi connectivity index (χ3n) is 4.23. The number of fused-ring (bicyclic) bond motifs is 1. The van der Waals surface area contributed by atoms with Gasteiger partial charge in [0.15, 0.2) is 5.13 Å². The summed E-state index contributed by atoms with van der Waals surface area (Å²) < 4.78 is 14.2. The van der Waals surface area contributed by atoms with Gasteiger partial charge in [0, 0.05) is 19.6 Å². The van der Waals surface area contributed by atoms with Crippen molar-refractivity contribution in [3.8, 4) is 0 Å². The monoisotopic (exact) mass is 335 g/mol. The highest BCUT2D eigenvalue weighted by molar-refractivity contribution is 7.22. The number of anilines is 1. The van der Waals surface area contributed by atoms with Crippen molar-refractivity contribution < 1.29 is 9.18 Å². The van der Waals surface area contributed by atoms with Crippen molar-refractivity contribution in [2.45, 2.75) is 32.6 Å². The fraction of sp³-hybridized carbons (Fsp3) is 0.529. The average molecular weight is 335 g/mol. The number of aromatic nitrogens is 1. The molecule has 1 aromatic heterocycles. The minimum Gasteiger partial charge on any atom is -0.356 e. The topological polar surface area (TPSA) is 45.2 Å². The van der Waals surface area contributed by atoms with Crippen molar-refractivity contribution >= 4 is 32.6 Å². The zero-order valence-corrected chi connectivity index (χ0v) is 14.2. The highest BCUT2D eigenvalue weighted by Crippen LogP contribution is 2.32. The SMILES string of the molecule is CCCCNC(=O)C1CCCN(c2nc3ccc(F)cc3s2)C1. The smallest absolute Gasteiger partial charge is 0.224 e. The Bertz CT molecular complexity index is 688. The highest BCUT2D eigenvalue weighted by atomic mass is 32.1. The molecule has 124 valence electrons. The number of piperidine rings is 1. The Balaban J connectivity index is 1.68. The number of carbonyl (C=O) groups is 1. The summed E-state index contributed by atoms with van der Waals surface area (Å²) in [6, 6.07) is 4.67. The van der Waals surface area contributed by atoms with Crippen molar-refractivity contribution in [2.75, 3.05) is 24.5 Å². The number of nitrogens with one attached hydrogen (secondary N) is 1. The lowest BCUT2D eigenvalue weighted by atomic mass is 9.97. The van der Waals surface area contributed by atoms with E-state index >= 15 is 0 Å². The van der Waals surface area contributed by atoms with Crippen LogP contribution in [0.15, 0.2) is 18.2 Å². The first-order valence-corrected chi connectivity index (χ1v) is 9.07. The highest BCUT2D eigenvalue weighted by Gasteiger charge is 2.27. The number of carbonyl (C=O) groups excluding carboxylic acids is 1. The van der Waals surface area contributed by atoms with E-state index in [-0.39, 0.29) is 17.6 Å². The average Bonchev–Trinajstić information content (AvgIpc) is 2.98. The number of hydrogen-bond acceptors (Lipinski definition) is 4. The summed E-state index contributed by atoms with van der Waals surface area (Å²) in [5.74, 6) is -0.0702. The van der Waals surface area contributed by atoms with Crippen LogP contribution < -0.4 is 10.2 Å². The van der Waals surface area contributed by atoms with Crippen molar-refractivity contribution in [2.24, 2.45) is 5.92 Å². The molecule has 1 saturated heterocycles. The van der Waals surface area contributed by atoms with Gasteiger partial charge in [-0.05, 0) is 37.5 Å². The van der Waals surface area contributed by atoms with Crippen molar-refractivity contribution in [1.82, 2.24) is 10.3 Å². The molecule has 2 heterocycles. The third-order valence-corrected chi connectivity index (χ3v) is 5.31. The molecule has 1 unspecified atom stereocenters.